The highest BCUT2D eigenvalue weighted by atomic mass is 16.3. The van der Waals surface area contributed by atoms with Crippen LogP contribution in [0.15, 0.2) is 78.4 Å². The predicted octanol–water partition coefficient (Wildman–Crippen LogP) is 8.80. The van der Waals surface area contributed by atoms with Crippen molar-refractivity contribution in [3.05, 3.63) is 83.9 Å². The fourth-order valence-corrected chi connectivity index (χ4v) is 2.41. The van der Waals surface area contributed by atoms with E-state index in [2.05, 4.69) is 64.5 Å². The monoisotopic (exact) mass is 399 g/mol. The lowest BCUT2D eigenvalue weighted by atomic mass is 10.0. The molecule has 0 aromatic heterocycles. The molecule has 0 heterocycles. The molecule has 0 bridgehead atoms. The largest absolute Gasteiger partial charge is 0.506 e. The Labute approximate surface area is 181 Å². The van der Waals surface area contributed by atoms with E-state index >= 15 is 0 Å². The van der Waals surface area contributed by atoms with E-state index in [4.69, 9.17) is 0 Å². The highest BCUT2D eigenvalue weighted by Gasteiger charge is 2.19. The number of allylic oxidation sites excluding steroid dienone is 3. The first-order valence-corrected chi connectivity index (χ1v) is 10.9. The molecule has 0 aliphatic rings. The Morgan fingerprint density at radius 1 is 1.00 bits per heavy atom. The summed E-state index contributed by atoms with van der Waals surface area (Å²) in [6, 6.07) is 10.2. The van der Waals surface area contributed by atoms with Crippen LogP contribution >= 0.6 is 0 Å². The summed E-state index contributed by atoms with van der Waals surface area (Å²) >= 11 is 0. The molecule has 0 amide bonds. The average molecular weight is 400 g/mol. The third kappa shape index (κ3) is 12.8. The van der Waals surface area contributed by atoms with E-state index in [-0.39, 0.29) is 5.76 Å². The summed E-state index contributed by atoms with van der Waals surface area (Å²) in [6.45, 7) is 29.2. The molecule has 0 spiro atoms. The fourth-order valence-electron chi connectivity index (χ4n) is 2.41. The molecule has 1 aromatic rings. The minimum absolute atomic E-state index is 0.0547. The van der Waals surface area contributed by atoms with Gasteiger partial charge in [0, 0.05) is 12.2 Å². The van der Waals surface area contributed by atoms with Crippen LogP contribution in [0.3, 0.4) is 0 Å². The van der Waals surface area contributed by atoms with E-state index in [1.54, 1.807) is 0 Å². The van der Waals surface area contributed by atoms with E-state index in [1.165, 1.54) is 5.56 Å². The summed E-state index contributed by atoms with van der Waals surface area (Å²) in [5, 5.41) is 10.2. The Kier molecular flexibility index (Phi) is 16.7. The van der Waals surface area contributed by atoms with Gasteiger partial charge in [-0.25, -0.2) is 0 Å². The number of hydrogen-bond acceptors (Lipinski definition) is 2. The molecule has 29 heavy (non-hydrogen) atoms. The van der Waals surface area contributed by atoms with Crippen LogP contribution in [0, 0.1) is 5.92 Å². The summed E-state index contributed by atoms with van der Waals surface area (Å²) in [4.78, 5) is 2.07. The van der Waals surface area contributed by atoms with Gasteiger partial charge in [0.2, 0.25) is 0 Å². The standard InChI is InChI=1S/C21H29NO.C4H10.C2H6/c1-7-8-12-17(4)22(15-20-13-10-9-11-14-20)21(19(6)23)18(5)16(2)3;1-4(2)3;1-2/h9-11,13-14,23H,2,4,6-8,12,15H2,1,3,5H3;4H,1-3H3;1-2H3/b21-18+;;. The Morgan fingerprint density at radius 2 is 1.48 bits per heavy atom. The number of unbranched alkanes of at least 4 members (excludes halogenated alkanes) is 1. The first-order valence-electron chi connectivity index (χ1n) is 10.9. The van der Waals surface area contributed by atoms with Gasteiger partial charge in [0.1, 0.15) is 5.76 Å². The molecule has 1 aromatic carbocycles. The summed E-state index contributed by atoms with van der Waals surface area (Å²) in [6.07, 6.45) is 3.07. The zero-order valence-corrected chi connectivity index (χ0v) is 20.3. The van der Waals surface area contributed by atoms with Crippen molar-refractivity contribution in [2.24, 2.45) is 5.92 Å². The Bertz CT molecular complexity index is 635. The second-order valence-electron chi connectivity index (χ2n) is 7.67. The summed E-state index contributed by atoms with van der Waals surface area (Å²) in [5.74, 6) is 0.888. The van der Waals surface area contributed by atoms with Crippen LogP contribution in [-0.2, 0) is 6.54 Å². The van der Waals surface area contributed by atoms with Crippen LogP contribution < -0.4 is 0 Å². The quantitative estimate of drug-likeness (QED) is 0.331. The van der Waals surface area contributed by atoms with Crippen molar-refractivity contribution in [3.8, 4) is 0 Å². The number of rotatable bonds is 9. The summed E-state index contributed by atoms with van der Waals surface area (Å²) in [7, 11) is 0. The maximum absolute atomic E-state index is 10.2. The van der Waals surface area contributed by atoms with Crippen molar-refractivity contribution < 1.29 is 5.11 Å². The van der Waals surface area contributed by atoms with Crippen LogP contribution in [0.4, 0.5) is 0 Å². The molecule has 0 saturated heterocycles. The molecule has 2 heteroatoms. The van der Waals surface area contributed by atoms with Crippen LogP contribution in [0.2, 0.25) is 0 Å². The number of aliphatic hydroxyl groups is 1. The molecule has 1 rings (SSSR count). The lowest BCUT2D eigenvalue weighted by Gasteiger charge is -2.31. The van der Waals surface area contributed by atoms with Gasteiger partial charge in [-0.2, -0.15) is 0 Å². The zero-order valence-electron chi connectivity index (χ0n) is 20.3. The molecule has 0 unspecified atom stereocenters. The van der Waals surface area contributed by atoms with E-state index in [0.29, 0.717) is 12.2 Å². The molecule has 1 N–H and O–H groups in total. The van der Waals surface area contributed by atoms with E-state index < -0.39 is 0 Å². The Morgan fingerprint density at radius 3 is 1.86 bits per heavy atom. The average Bonchev–Trinajstić information content (AvgIpc) is 2.67. The molecule has 0 fully saturated rings. The molecule has 0 aliphatic heterocycles. The van der Waals surface area contributed by atoms with Crippen molar-refractivity contribution in [2.75, 3.05) is 0 Å². The maximum Gasteiger partial charge on any atom is 0.132 e. The smallest absolute Gasteiger partial charge is 0.132 e. The van der Waals surface area contributed by atoms with E-state index in [9.17, 15) is 5.11 Å². The summed E-state index contributed by atoms with van der Waals surface area (Å²) < 4.78 is 0. The maximum atomic E-state index is 10.2. The lowest BCUT2D eigenvalue weighted by Crippen LogP contribution is -2.24. The normalized spacial score (nSPS) is 10.7. The van der Waals surface area contributed by atoms with Crippen LogP contribution in [0.1, 0.15) is 80.2 Å². The van der Waals surface area contributed by atoms with Gasteiger partial charge in [0.25, 0.3) is 0 Å². The lowest BCUT2D eigenvalue weighted by molar-refractivity contribution is 0.337. The molecule has 0 saturated carbocycles. The van der Waals surface area contributed by atoms with Crippen molar-refractivity contribution in [2.45, 2.75) is 81.2 Å². The van der Waals surface area contributed by atoms with Crippen LogP contribution in [0.25, 0.3) is 0 Å². The molecule has 0 aliphatic carbocycles. The van der Waals surface area contributed by atoms with Gasteiger partial charge in [0.05, 0.1) is 5.70 Å². The molecule has 2 nitrogen and oxygen atoms in total. The second-order valence-corrected chi connectivity index (χ2v) is 7.67. The van der Waals surface area contributed by atoms with Crippen molar-refractivity contribution in [3.63, 3.8) is 0 Å². The zero-order chi connectivity index (χ0) is 23.0. The summed E-state index contributed by atoms with van der Waals surface area (Å²) in [5.41, 5.74) is 4.71. The SMILES string of the molecule is C=C(C)/C(C)=C(\C(=C)O)N(Cc1ccccc1)C(=C)CCCC.CC.CC(C)C. The topological polar surface area (TPSA) is 23.5 Å². The van der Waals surface area contributed by atoms with Crippen LogP contribution in [0.5, 0.6) is 0 Å². The third-order valence-electron chi connectivity index (χ3n) is 3.92. The first kappa shape index (κ1) is 29.0. The molecule has 164 valence electrons. The second kappa shape index (κ2) is 16.7. The molecule has 0 radical (unpaired) electrons. The first-order chi connectivity index (χ1) is 13.6. The van der Waals surface area contributed by atoms with Crippen molar-refractivity contribution in [1.82, 2.24) is 4.90 Å². The van der Waals surface area contributed by atoms with Gasteiger partial charge >= 0.3 is 0 Å². The third-order valence-corrected chi connectivity index (χ3v) is 3.92. The fraction of sp³-hybridized carbons (Fsp3) is 0.481. The number of hydrogen-bond donors (Lipinski definition) is 1. The minimum Gasteiger partial charge on any atom is -0.506 e. The number of aliphatic hydroxyl groups excluding tert-OH is 1. The van der Waals surface area contributed by atoms with E-state index in [0.717, 1.165) is 42.0 Å². The van der Waals surface area contributed by atoms with Gasteiger partial charge in [-0.05, 0) is 43.7 Å². The Hall–Kier alpha value is -2.22. The van der Waals surface area contributed by atoms with Gasteiger partial charge in [-0.1, -0.05) is 104 Å². The van der Waals surface area contributed by atoms with Gasteiger partial charge < -0.3 is 10.0 Å². The van der Waals surface area contributed by atoms with Crippen molar-refractivity contribution >= 4 is 0 Å². The van der Waals surface area contributed by atoms with E-state index in [1.807, 2.05) is 45.9 Å². The Balaban J connectivity index is 0. The van der Waals surface area contributed by atoms with Gasteiger partial charge in [-0.3, -0.25) is 0 Å². The number of nitrogens with zero attached hydrogens (tertiary/aromatic N) is 1. The molecular formula is C27H45NO. The molecular weight excluding hydrogens is 354 g/mol. The number of benzene rings is 1. The predicted molar refractivity (Wildman–Crippen MR) is 132 cm³/mol. The van der Waals surface area contributed by atoms with Crippen molar-refractivity contribution in [1.29, 1.82) is 0 Å². The van der Waals surface area contributed by atoms with Gasteiger partial charge in [-0.15, -0.1) is 0 Å². The van der Waals surface area contributed by atoms with Gasteiger partial charge in [0.15, 0.2) is 0 Å². The highest BCUT2D eigenvalue weighted by molar-refractivity contribution is 5.39. The van der Waals surface area contributed by atoms with Crippen LogP contribution in [-0.4, -0.2) is 10.0 Å². The minimum atomic E-state index is 0.0547. The molecule has 0 atom stereocenters. The highest BCUT2D eigenvalue weighted by Crippen LogP contribution is 2.28.